The van der Waals surface area contributed by atoms with E-state index in [-0.39, 0.29) is 16.7 Å². The van der Waals surface area contributed by atoms with Crippen molar-refractivity contribution in [3.05, 3.63) is 72.3 Å². The lowest BCUT2D eigenvalue weighted by atomic mass is 10.1. The fourth-order valence-corrected chi connectivity index (χ4v) is 5.41. The Morgan fingerprint density at radius 1 is 0.917 bits per heavy atom. The Morgan fingerprint density at radius 3 is 2.11 bits per heavy atom. The number of methoxy groups -OCH3 is 3. The predicted octanol–water partition coefficient (Wildman–Crippen LogP) is 4.51. The number of rotatable bonds is 11. The number of thioether (sulfide) groups is 1. The van der Waals surface area contributed by atoms with Gasteiger partial charge in [0.15, 0.2) is 11.5 Å². The highest BCUT2D eigenvalue weighted by molar-refractivity contribution is 7.98. The van der Waals surface area contributed by atoms with Gasteiger partial charge in [-0.3, -0.25) is 9.10 Å². The lowest BCUT2D eigenvalue weighted by Crippen LogP contribution is -2.41. The molecule has 0 aliphatic heterocycles. The van der Waals surface area contributed by atoms with Crippen molar-refractivity contribution in [3.8, 4) is 17.2 Å². The summed E-state index contributed by atoms with van der Waals surface area (Å²) in [4.78, 5) is 14.1. The number of sulfonamides is 1. The minimum absolute atomic E-state index is 0.0375. The van der Waals surface area contributed by atoms with Gasteiger partial charge in [0.25, 0.3) is 10.0 Å². The summed E-state index contributed by atoms with van der Waals surface area (Å²) in [5.41, 5.74) is 1.23. The zero-order valence-electron chi connectivity index (χ0n) is 20.8. The van der Waals surface area contributed by atoms with Crippen LogP contribution in [0.1, 0.15) is 18.5 Å². The lowest BCUT2D eigenvalue weighted by Gasteiger charge is -2.25. The highest BCUT2D eigenvalue weighted by Gasteiger charge is 2.29. The summed E-state index contributed by atoms with van der Waals surface area (Å²) in [5, 5.41) is 2.90. The van der Waals surface area contributed by atoms with Crippen LogP contribution in [0.2, 0.25) is 0 Å². The van der Waals surface area contributed by atoms with E-state index in [1.165, 1.54) is 39.5 Å². The van der Waals surface area contributed by atoms with E-state index in [0.29, 0.717) is 17.2 Å². The molecule has 3 aromatic rings. The van der Waals surface area contributed by atoms with Crippen molar-refractivity contribution in [2.24, 2.45) is 0 Å². The van der Waals surface area contributed by atoms with Crippen molar-refractivity contribution in [3.63, 3.8) is 0 Å². The molecule has 1 N–H and O–H groups in total. The molecule has 0 fully saturated rings. The van der Waals surface area contributed by atoms with E-state index < -0.39 is 22.5 Å². The van der Waals surface area contributed by atoms with Crippen LogP contribution in [-0.4, -0.2) is 48.5 Å². The number of nitrogens with zero attached hydrogens (tertiary/aromatic N) is 1. The molecular formula is C26H30N2O6S2. The fourth-order valence-electron chi connectivity index (χ4n) is 3.56. The second-order valence-corrected chi connectivity index (χ2v) is 10.5. The van der Waals surface area contributed by atoms with Crippen LogP contribution in [0.3, 0.4) is 0 Å². The molecule has 0 aromatic heterocycles. The number of nitrogens with one attached hydrogen (secondary N) is 1. The van der Waals surface area contributed by atoms with Crippen LogP contribution in [0.25, 0.3) is 0 Å². The maximum absolute atomic E-state index is 13.7. The average molecular weight is 531 g/mol. The molecule has 0 saturated carbocycles. The molecule has 0 aliphatic carbocycles. The summed E-state index contributed by atoms with van der Waals surface area (Å²) in [6.45, 7) is 1.43. The Bertz CT molecular complexity index is 1280. The molecule has 0 radical (unpaired) electrons. The molecule has 0 heterocycles. The summed E-state index contributed by atoms with van der Waals surface area (Å²) in [7, 11) is 0.274. The van der Waals surface area contributed by atoms with Crippen molar-refractivity contribution in [2.75, 3.05) is 38.4 Å². The molecule has 0 aliphatic rings. The first kappa shape index (κ1) is 27.2. The third-order valence-corrected chi connectivity index (χ3v) is 8.10. The summed E-state index contributed by atoms with van der Waals surface area (Å²) in [6.07, 6.45) is 1.99. The third-order valence-electron chi connectivity index (χ3n) is 5.58. The predicted molar refractivity (Wildman–Crippen MR) is 142 cm³/mol. The molecule has 0 saturated heterocycles. The van der Waals surface area contributed by atoms with Gasteiger partial charge in [-0.05, 0) is 67.3 Å². The smallest absolute Gasteiger partial charge is 0.264 e. The molecule has 1 atom stereocenters. The number of benzene rings is 3. The van der Waals surface area contributed by atoms with Crippen molar-refractivity contribution < 1.29 is 27.4 Å². The highest BCUT2D eigenvalue weighted by atomic mass is 32.2. The topological polar surface area (TPSA) is 94.2 Å². The molecule has 3 aromatic carbocycles. The van der Waals surface area contributed by atoms with Crippen molar-refractivity contribution in [1.82, 2.24) is 5.32 Å². The van der Waals surface area contributed by atoms with Crippen LogP contribution in [0.4, 0.5) is 5.69 Å². The van der Waals surface area contributed by atoms with E-state index in [1.807, 2.05) is 37.4 Å². The van der Waals surface area contributed by atoms with Gasteiger partial charge < -0.3 is 19.5 Å². The number of hydrogen-bond donors (Lipinski definition) is 1. The van der Waals surface area contributed by atoms with Crippen molar-refractivity contribution >= 4 is 33.4 Å². The van der Waals surface area contributed by atoms with Gasteiger partial charge in [-0.1, -0.05) is 12.1 Å². The summed E-state index contributed by atoms with van der Waals surface area (Å²) in [6, 6.07) is 18.3. The SMILES string of the molecule is COc1ccc(N(CC(=O)N[C@H](C)c2ccc(SC)cc2)S(=O)(=O)c2ccc(OC)c(OC)c2)cc1. The first-order valence-corrected chi connectivity index (χ1v) is 13.7. The summed E-state index contributed by atoms with van der Waals surface area (Å²) < 4.78 is 44.2. The molecule has 0 bridgehead atoms. The number of carbonyl (C=O) groups excluding carboxylic acids is 1. The minimum Gasteiger partial charge on any atom is -0.497 e. The van der Waals surface area contributed by atoms with Gasteiger partial charge in [0, 0.05) is 11.0 Å². The number of ether oxygens (including phenoxy) is 3. The number of anilines is 1. The van der Waals surface area contributed by atoms with Crippen molar-refractivity contribution in [2.45, 2.75) is 22.8 Å². The zero-order chi connectivity index (χ0) is 26.3. The minimum atomic E-state index is -4.14. The van der Waals surface area contributed by atoms with Gasteiger partial charge in [-0.15, -0.1) is 11.8 Å². The molecule has 8 nitrogen and oxygen atoms in total. The standard InChI is InChI=1S/C26H30N2O6S2/c1-18(19-6-12-22(35-5)13-7-19)27-26(29)17-28(20-8-10-21(32-2)11-9-20)36(30,31)23-14-15-24(33-3)25(16-23)34-4/h6-16,18H,17H2,1-5H3,(H,27,29)/t18-/m1/s1. The fraction of sp³-hybridized carbons (Fsp3) is 0.269. The van der Waals surface area contributed by atoms with E-state index in [0.717, 1.165) is 14.8 Å². The lowest BCUT2D eigenvalue weighted by molar-refractivity contribution is -0.120. The van der Waals surface area contributed by atoms with E-state index in [4.69, 9.17) is 14.2 Å². The van der Waals surface area contributed by atoms with Crippen LogP contribution in [0.15, 0.2) is 76.5 Å². The van der Waals surface area contributed by atoms with Crippen LogP contribution >= 0.6 is 11.8 Å². The molecule has 0 spiro atoms. The largest absolute Gasteiger partial charge is 0.497 e. The Labute approximate surface area is 216 Å². The van der Waals surface area contributed by atoms with E-state index in [1.54, 1.807) is 36.0 Å². The van der Waals surface area contributed by atoms with Gasteiger partial charge in [-0.2, -0.15) is 0 Å². The van der Waals surface area contributed by atoms with Crippen LogP contribution in [-0.2, 0) is 14.8 Å². The van der Waals surface area contributed by atoms with Gasteiger partial charge in [0.1, 0.15) is 12.3 Å². The summed E-state index contributed by atoms with van der Waals surface area (Å²) >= 11 is 1.63. The van der Waals surface area contributed by atoms with Gasteiger partial charge >= 0.3 is 0 Å². The maximum Gasteiger partial charge on any atom is 0.264 e. The molecule has 1 amide bonds. The van der Waals surface area contributed by atoms with E-state index >= 15 is 0 Å². The van der Waals surface area contributed by atoms with Crippen LogP contribution < -0.4 is 23.8 Å². The first-order chi connectivity index (χ1) is 17.2. The van der Waals surface area contributed by atoms with E-state index in [9.17, 15) is 13.2 Å². The average Bonchev–Trinajstić information content (AvgIpc) is 2.91. The first-order valence-electron chi connectivity index (χ1n) is 11.1. The van der Waals surface area contributed by atoms with Crippen LogP contribution in [0.5, 0.6) is 17.2 Å². The molecule has 0 unspecified atom stereocenters. The zero-order valence-corrected chi connectivity index (χ0v) is 22.5. The van der Waals surface area contributed by atoms with Crippen molar-refractivity contribution in [1.29, 1.82) is 0 Å². The van der Waals surface area contributed by atoms with Gasteiger partial charge in [-0.25, -0.2) is 8.42 Å². The maximum atomic E-state index is 13.7. The molecule has 3 rings (SSSR count). The second-order valence-electron chi connectivity index (χ2n) is 7.79. The quantitative estimate of drug-likeness (QED) is 0.365. The second kappa shape index (κ2) is 12.0. The monoisotopic (exact) mass is 530 g/mol. The van der Waals surface area contributed by atoms with Gasteiger partial charge in [0.05, 0.1) is 38.0 Å². The molecule has 192 valence electrons. The molecule has 36 heavy (non-hydrogen) atoms. The Morgan fingerprint density at radius 2 is 1.56 bits per heavy atom. The number of carbonyl (C=O) groups is 1. The number of hydrogen-bond acceptors (Lipinski definition) is 7. The Kier molecular flexibility index (Phi) is 9.11. The molecular weight excluding hydrogens is 500 g/mol. The highest BCUT2D eigenvalue weighted by Crippen LogP contribution is 2.32. The number of amides is 1. The van der Waals surface area contributed by atoms with Gasteiger partial charge in [0.2, 0.25) is 5.91 Å². The Balaban J connectivity index is 1.92. The molecule has 10 heteroatoms. The van der Waals surface area contributed by atoms with Crippen LogP contribution in [0, 0.1) is 0 Å². The Hall–Kier alpha value is -3.37. The normalized spacial score (nSPS) is 11.9. The van der Waals surface area contributed by atoms with E-state index in [2.05, 4.69) is 5.32 Å². The summed E-state index contributed by atoms with van der Waals surface area (Å²) in [5.74, 6) is 0.775. The third kappa shape index (κ3) is 6.24.